The van der Waals surface area contributed by atoms with Gasteiger partial charge in [-0.25, -0.2) is 4.98 Å². The number of aliphatic hydroxyl groups excluding tert-OH is 1. The number of hydrogen-bond donors (Lipinski definition) is 1. The number of amides is 1. The van der Waals surface area contributed by atoms with E-state index >= 15 is 0 Å². The van der Waals surface area contributed by atoms with E-state index in [0.717, 1.165) is 6.07 Å². The fourth-order valence-corrected chi connectivity index (χ4v) is 1.51. The lowest BCUT2D eigenvalue weighted by Gasteiger charge is -2.28. The molecule has 0 fully saturated rings. The minimum absolute atomic E-state index is 0.0617. The molecular formula is C12H17FN2O2. The third kappa shape index (κ3) is 3.78. The van der Waals surface area contributed by atoms with Crippen LogP contribution in [0.5, 0.6) is 0 Å². The average Bonchev–Trinajstić information content (AvgIpc) is 2.24. The first-order valence-corrected chi connectivity index (χ1v) is 5.52. The molecule has 4 nitrogen and oxygen atoms in total. The monoisotopic (exact) mass is 240 g/mol. The molecule has 1 N–H and O–H groups in total. The van der Waals surface area contributed by atoms with Crippen molar-refractivity contribution in [3.05, 3.63) is 29.8 Å². The summed E-state index contributed by atoms with van der Waals surface area (Å²) < 4.78 is 12.9. The third-order valence-corrected chi connectivity index (χ3v) is 2.32. The zero-order valence-electron chi connectivity index (χ0n) is 10.2. The van der Waals surface area contributed by atoms with Gasteiger partial charge in [-0.3, -0.25) is 4.79 Å². The smallest absolute Gasteiger partial charge is 0.254 e. The summed E-state index contributed by atoms with van der Waals surface area (Å²) in [6, 6.07) is 2.50. The van der Waals surface area contributed by atoms with Gasteiger partial charge in [0.1, 0.15) is 0 Å². The molecule has 1 aromatic heterocycles. The highest BCUT2D eigenvalue weighted by Gasteiger charge is 2.20. The molecule has 0 radical (unpaired) electrons. The Kier molecular flexibility index (Phi) is 4.57. The Morgan fingerprint density at radius 3 is 2.65 bits per heavy atom. The normalized spacial score (nSPS) is 12.6. The fourth-order valence-electron chi connectivity index (χ4n) is 1.51. The lowest BCUT2D eigenvalue weighted by atomic mass is 10.2. The van der Waals surface area contributed by atoms with E-state index in [2.05, 4.69) is 4.98 Å². The molecular weight excluding hydrogens is 223 g/mol. The second-order valence-electron chi connectivity index (χ2n) is 4.27. The van der Waals surface area contributed by atoms with Gasteiger partial charge in [-0.1, -0.05) is 0 Å². The maximum absolute atomic E-state index is 12.9. The maximum atomic E-state index is 12.9. The van der Waals surface area contributed by atoms with Gasteiger partial charge in [0.25, 0.3) is 5.91 Å². The van der Waals surface area contributed by atoms with E-state index < -0.39 is 12.1 Å². The van der Waals surface area contributed by atoms with E-state index in [0.29, 0.717) is 0 Å². The standard InChI is InChI=1S/C12H17FN2O2/c1-8(2)15(7-9(3)16)12(17)10-4-5-14-11(13)6-10/h4-6,8-9,16H,7H2,1-3H3. The van der Waals surface area contributed by atoms with Crippen molar-refractivity contribution in [1.29, 1.82) is 0 Å². The van der Waals surface area contributed by atoms with Crippen LogP contribution in [0.15, 0.2) is 18.3 Å². The van der Waals surface area contributed by atoms with Crippen LogP contribution in [0.25, 0.3) is 0 Å². The topological polar surface area (TPSA) is 53.4 Å². The maximum Gasteiger partial charge on any atom is 0.254 e. The first kappa shape index (κ1) is 13.6. The lowest BCUT2D eigenvalue weighted by molar-refractivity contribution is 0.0578. The van der Waals surface area contributed by atoms with Gasteiger partial charge in [-0.05, 0) is 26.8 Å². The molecule has 1 amide bonds. The predicted molar refractivity (Wildman–Crippen MR) is 62.0 cm³/mol. The van der Waals surface area contributed by atoms with Crippen LogP contribution in [-0.2, 0) is 0 Å². The van der Waals surface area contributed by atoms with Crippen molar-refractivity contribution in [3.63, 3.8) is 0 Å². The molecule has 1 heterocycles. The molecule has 0 bridgehead atoms. The van der Waals surface area contributed by atoms with Crippen LogP contribution in [0.4, 0.5) is 4.39 Å². The molecule has 0 saturated heterocycles. The average molecular weight is 240 g/mol. The van der Waals surface area contributed by atoms with Gasteiger partial charge in [0.05, 0.1) is 6.10 Å². The number of nitrogens with zero attached hydrogens (tertiary/aromatic N) is 2. The second-order valence-corrected chi connectivity index (χ2v) is 4.27. The zero-order chi connectivity index (χ0) is 13.0. The number of carbonyl (C=O) groups is 1. The largest absolute Gasteiger partial charge is 0.392 e. The van der Waals surface area contributed by atoms with Crippen molar-refractivity contribution < 1.29 is 14.3 Å². The number of aliphatic hydroxyl groups is 1. The highest BCUT2D eigenvalue weighted by atomic mass is 19.1. The summed E-state index contributed by atoms with van der Waals surface area (Å²) in [6.45, 7) is 5.52. The molecule has 0 aliphatic heterocycles. The van der Waals surface area contributed by atoms with Crippen LogP contribution in [0.2, 0.25) is 0 Å². The van der Waals surface area contributed by atoms with Crippen molar-refractivity contribution in [3.8, 4) is 0 Å². The van der Waals surface area contributed by atoms with Crippen LogP contribution < -0.4 is 0 Å². The molecule has 1 atom stereocenters. The minimum atomic E-state index is -0.684. The summed E-state index contributed by atoms with van der Waals surface area (Å²) in [7, 11) is 0. The van der Waals surface area contributed by atoms with Crippen LogP contribution in [0.3, 0.4) is 0 Å². The number of carbonyl (C=O) groups excluding carboxylic acids is 1. The van der Waals surface area contributed by atoms with Crippen LogP contribution in [0, 0.1) is 5.95 Å². The van der Waals surface area contributed by atoms with Gasteiger partial charge in [0.2, 0.25) is 5.95 Å². The van der Waals surface area contributed by atoms with Crippen LogP contribution >= 0.6 is 0 Å². The van der Waals surface area contributed by atoms with E-state index in [-0.39, 0.29) is 24.1 Å². The van der Waals surface area contributed by atoms with Crippen molar-refractivity contribution in [2.45, 2.75) is 32.9 Å². The van der Waals surface area contributed by atoms with Gasteiger partial charge in [0, 0.05) is 30.4 Å². The zero-order valence-corrected chi connectivity index (χ0v) is 10.2. The molecule has 1 rings (SSSR count). The van der Waals surface area contributed by atoms with Crippen molar-refractivity contribution in [2.75, 3.05) is 6.54 Å². The molecule has 17 heavy (non-hydrogen) atoms. The first-order chi connectivity index (χ1) is 7.91. The molecule has 0 spiro atoms. The molecule has 5 heteroatoms. The summed E-state index contributed by atoms with van der Waals surface area (Å²) in [5, 5.41) is 9.34. The molecule has 0 aromatic carbocycles. The summed E-state index contributed by atoms with van der Waals surface area (Å²) >= 11 is 0. The Morgan fingerprint density at radius 1 is 1.53 bits per heavy atom. The Balaban J connectivity index is 2.92. The summed E-state index contributed by atoms with van der Waals surface area (Å²) in [6.07, 6.45) is 0.636. The molecule has 0 aliphatic carbocycles. The molecule has 0 aliphatic rings. The van der Waals surface area contributed by atoms with Crippen molar-refractivity contribution in [2.24, 2.45) is 0 Å². The Bertz CT molecular complexity index is 394. The molecule has 1 unspecified atom stereocenters. The second kappa shape index (κ2) is 5.72. The number of rotatable bonds is 4. The summed E-state index contributed by atoms with van der Waals surface area (Å²) in [5.74, 6) is -0.987. The number of halogens is 1. The SMILES string of the molecule is CC(O)CN(C(=O)c1ccnc(F)c1)C(C)C. The number of aromatic nitrogens is 1. The van der Waals surface area contributed by atoms with E-state index in [1.165, 1.54) is 17.2 Å². The van der Waals surface area contributed by atoms with E-state index in [4.69, 9.17) is 0 Å². The number of pyridine rings is 1. The Labute approximate surface area is 100 Å². The van der Waals surface area contributed by atoms with Gasteiger partial charge in [0.15, 0.2) is 0 Å². The lowest BCUT2D eigenvalue weighted by Crippen LogP contribution is -2.41. The molecule has 94 valence electrons. The quantitative estimate of drug-likeness (QED) is 0.810. The third-order valence-electron chi connectivity index (χ3n) is 2.32. The van der Waals surface area contributed by atoms with E-state index in [9.17, 15) is 14.3 Å². The molecule has 1 aromatic rings. The highest BCUT2D eigenvalue weighted by molar-refractivity contribution is 5.94. The summed E-state index contributed by atoms with van der Waals surface area (Å²) in [5.41, 5.74) is 0.242. The number of hydrogen-bond acceptors (Lipinski definition) is 3. The van der Waals surface area contributed by atoms with Crippen molar-refractivity contribution in [1.82, 2.24) is 9.88 Å². The van der Waals surface area contributed by atoms with Crippen LogP contribution in [-0.4, -0.2) is 39.6 Å². The predicted octanol–water partition coefficient (Wildman–Crippen LogP) is 1.45. The highest BCUT2D eigenvalue weighted by Crippen LogP contribution is 2.09. The first-order valence-electron chi connectivity index (χ1n) is 5.52. The minimum Gasteiger partial charge on any atom is -0.392 e. The van der Waals surface area contributed by atoms with Crippen LogP contribution in [0.1, 0.15) is 31.1 Å². The molecule has 0 saturated carbocycles. The van der Waals surface area contributed by atoms with Crippen molar-refractivity contribution >= 4 is 5.91 Å². The Hall–Kier alpha value is -1.49. The summed E-state index contributed by atoms with van der Waals surface area (Å²) in [4.78, 5) is 17.0. The van der Waals surface area contributed by atoms with Gasteiger partial charge < -0.3 is 10.0 Å². The fraction of sp³-hybridized carbons (Fsp3) is 0.500. The van der Waals surface area contributed by atoms with E-state index in [1.807, 2.05) is 13.8 Å². The van der Waals surface area contributed by atoms with Gasteiger partial charge in [-0.2, -0.15) is 4.39 Å². The van der Waals surface area contributed by atoms with Gasteiger partial charge >= 0.3 is 0 Å². The Morgan fingerprint density at radius 2 is 2.18 bits per heavy atom. The van der Waals surface area contributed by atoms with Gasteiger partial charge in [-0.15, -0.1) is 0 Å². The van der Waals surface area contributed by atoms with E-state index in [1.54, 1.807) is 6.92 Å².